The molecule has 4 rings (SSSR count). The number of rotatable bonds is 3. The van der Waals surface area contributed by atoms with E-state index >= 15 is 0 Å². The Labute approximate surface area is 173 Å². The molecule has 1 saturated heterocycles. The van der Waals surface area contributed by atoms with Gasteiger partial charge in [-0.1, -0.05) is 12.1 Å². The molecule has 1 aliphatic rings. The maximum Gasteiger partial charge on any atom is 0.264 e. The van der Waals surface area contributed by atoms with Crippen LogP contribution in [-0.2, 0) is 7.05 Å². The van der Waals surface area contributed by atoms with Crippen LogP contribution in [0.3, 0.4) is 0 Å². The highest BCUT2D eigenvalue weighted by Crippen LogP contribution is 2.33. The van der Waals surface area contributed by atoms with Crippen LogP contribution in [-0.4, -0.2) is 40.0 Å². The van der Waals surface area contributed by atoms with Crippen molar-refractivity contribution in [3.05, 3.63) is 64.1 Å². The number of carbonyl (C=O) groups is 1. The largest absolute Gasteiger partial charge is 0.336 e. The van der Waals surface area contributed by atoms with Gasteiger partial charge in [-0.3, -0.25) is 4.79 Å². The normalized spacial score (nSPS) is 16.7. The molecule has 1 amide bonds. The monoisotopic (exact) mass is 420 g/mol. The summed E-state index contributed by atoms with van der Waals surface area (Å²) in [5.41, 5.74) is 1.90. The van der Waals surface area contributed by atoms with Gasteiger partial charge in [-0.2, -0.15) is 0 Å². The highest BCUT2D eigenvalue weighted by molar-refractivity contribution is 7.14. The summed E-state index contributed by atoms with van der Waals surface area (Å²) in [5.74, 6) is 0.634. The molecule has 0 aliphatic carbocycles. The van der Waals surface area contributed by atoms with Crippen LogP contribution in [0.4, 0.5) is 4.39 Å². The predicted octanol–water partition coefficient (Wildman–Crippen LogP) is 3.80. The van der Waals surface area contributed by atoms with Crippen LogP contribution in [0.5, 0.6) is 0 Å². The Morgan fingerprint density at radius 3 is 2.75 bits per heavy atom. The molecule has 1 aliphatic heterocycles. The minimum absolute atomic E-state index is 0. The van der Waals surface area contributed by atoms with E-state index in [1.165, 1.54) is 23.5 Å². The lowest BCUT2D eigenvalue weighted by Crippen LogP contribution is -2.49. The van der Waals surface area contributed by atoms with E-state index in [2.05, 4.69) is 10.3 Å². The minimum atomic E-state index is -0.262. The maximum atomic E-state index is 13.3. The Hall–Kier alpha value is -2.22. The lowest BCUT2D eigenvalue weighted by Gasteiger charge is -2.35. The third-order valence-corrected chi connectivity index (χ3v) is 5.98. The Morgan fingerprint density at radius 2 is 2.07 bits per heavy atom. The average molecular weight is 421 g/mol. The smallest absolute Gasteiger partial charge is 0.264 e. The van der Waals surface area contributed by atoms with Crippen LogP contribution < -0.4 is 5.32 Å². The molecule has 5 nitrogen and oxygen atoms in total. The van der Waals surface area contributed by atoms with E-state index in [1.54, 1.807) is 18.3 Å². The third kappa shape index (κ3) is 3.83. The molecule has 28 heavy (non-hydrogen) atoms. The van der Waals surface area contributed by atoms with E-state index < -0.39 is 0 Å². The van der Waals surface area contributed by atoms with Gasteiger partial charge in [0.2, 0.25) is 0 Å². The number of hydrogen-bond donors (Lipinski definition) is 1. The molecule has 1 fully saturated rings. The second kappa shape index (κ2) is 8.43. The van der Waals surface area contributed by atoms with Gasteiger partial charge in [-0.05, 0) is 36.2 Å². The molecule has 0 saturated carbocycles. The molecule has 1 unspecified atom stereocenters. The Balaban J connectivity index is 0.00000225. The molecule has 1 N–H and O–H groups in total. The molecule has 8 heteroatoms. The highest BCUT2D eigenvalue weighted by atomic mass is 35.5. The van der Waals surface area contributed by atoms with E-state index in [0.717, 1.165) is 28.4 Å². The van der Waals surface area contributed by atoms with Gasteiger partial charge in [0.05, 0.1) is 4.88 Å². The van der Waals surface area contributed by atoms with Crippen molar-refractivity contribution in [1.29, 1.82) is 0 Å². The fourth-order valence-corrected chi connectivity index (χ4v) is 4.52. The lowest BCUT2D eigenvalue weighted by molar-refractivity contribution is 0.0626. The van der Waals surface area contributed by atoms with Crippen molar-refractivity contribution in [3.8, 4) is 11.1 Å². The predicted molar refractivity (Wildman–Crippen MR) is 112 cm³/mol. The topological polar surface area (TPSA) is 50.2 Å². The van der Waals surface area contributed by atoms with Crippen molar-refractivity contribution in [1.82, 2.24) is 19.8 Å². The first-order chi connectivity index (χ1) is 13.0. The molecule has 0 bridgehead atoms. The number of piperazine rings is 1. The summed E-state index contributed by atoms with van der Waals surface area (Å²) in [6, 6.07) is 8.22. The van der Waals surface area contributed by atoms with Gasteiger partial charge in [0, 0.05) is 44.0 Å². The van der Waals surface area contributed by atoms with Gasteiger partial charge in [0.15, 0.2) is 0 Å². The zero-order valence-electron chi connectivity index (χ0n) is 15.7. The summed E-state index contributed by atoms with van der Waals surface area (Å²) >= 11 is 1.49. The van der Waals surface area contributed by atoms with Crippen molar-refractivity contribution in [2.75, 3.05) is 19.6 Å². The van der Waals surface area contributed by atoms with E-state index in [9.17, 15) is 9.18 Å². The molecule has 3 heterocycles. The van der Waals surface area contributed by atoms with Gasteiger partial charge in [-0.15, -0.1) is 23.7 Å². The zero-order valence-corrected chi connectivity index (χ0v) is 17.3. The standard InChI is InChI=1S/C20H21FN4OS.ClH/c1-13-16(14-3-5-15(21)6-4-14)11-18(27-13)20(26)25-10-7-22-12-17(25)19-23-8-9-24(19)2;/h3-6,8-9,11,17,22H,7,10,12H2,1-2H3;1H. The molecular weight excluding hydrogens is 399 g/mol. The number of nitrogens with one attached hydrogen (secondary N) is 1. The number of aromatic nitrogens is 2. The summed E-state index contributed by atoms with van der Waals surface area (Å²) < 4.78 is 15.2. The van der Waals surface area contributed by atoms with Gasteiger partial charge < -0.3 is 14.8 Å². The quantitative estimate of drug-likeness (QED) is 0.701. The van der Waals surface area contributed by atoms with Crippen LogP contribution in [0.1, 0.15) is 26.4 Å². The van der Waals surface area contributed by atoms with E-state index in [0.29, 0.717) is 18.0 Å². The average Bonchev–Trinajstić information content (AvgIpc) is 3.27. The molecule has 0 radical (unpaired) electrons. The number of hydrogen-bond acceptors (Lipinski definition) is 4. The molecule has 2 aromatic heterocycles. The Kier molecular flexibility index (Phi) is 6.17. The number of nitrogens with zero attached hydrogens (tertiary/aromatic N) is 3. The summed E-state index contributed by atoms with van der Waals surface area (Å²) in [7, 11) is 1.95. The molecule has 1 atom stereocenters. The van der Waals surface area contributed by atoms with Gasteiger partial charge in [-0.25, -0.2) is 9.37 Å². The molecule has 3 aromatic rings. The number of imidazole rings is 1. The molecule has 148 valence electrons. The van der Waals surface area contributed by atoms with Crippen LogP contribution >= 0.6 is 23.7 Å². The second-order valence-electron chi connectivity index (χ2n) is 6.70. The van der Waals surface area contributed by atoms with Crippen molar-refractivity contribution in [2.45, 2.75) is 13.0 Å². The molecular formula is C20H22ClFN4OS. The first-order valence-electron chi connectivity index (χ1n) is 8.90. The van der Waals surface area contributed by atoms with E-state index in [4.69, 9.17) is 0 Å². The van der Waals surface area contributed by atoms with Crippen molar-refractivity contribution < 1.29 is 9.18 Å². The first kappa shape index (κ1) is 20.5. The summed E-state index contributed by atoms with van der Waals surface area (Å²) in [6.45, 7) is 4.08. The SMILES string of the molecule is Cc1sc(C(=O)N2CCNCC2c2nccn2C)cc1-c1ccc(F)cc1.Cl. The summed E-state index contributed by atoms with van der Waals surface area (Å²) in [6.07, 6.45) is 3.66. The van der Waals surface area contributed by atoms with Gasteiger partial charge in [0.25, 0.3) is 5.91 Å². The fraction of sp³-hybridized carbons (Fsp3) is 0.300. The van der Waals surface area contributed by atoms with Crippen molar-refractivity contribution in [2.24, 2.45) is 7.05 Å². The van der Waals surface area contributed by atoms with E-state index in [-0.39, 0.29) is 30.2 Å². The highest BCUT2D eigenvalue weighted by Gasteiger charge is 2.32. The van der Waals surface area contributed by atoms with Crippen LogP contribution in [0.2, 0.25) is 0 Å². The van der Waals surface area contributed by atoms with Crippen LogP contribution in [0.25, 0.3) is 11.1 Å². The third-order valence-electron chi connectivity index (χ3n) is 4.94. The van der Waals surface area contributed by atoms with Gasteiger partial charge >= 0.3 is 0 Å². The maximum absolute atomic E-state index is 13.3. The van der Waals surface area contributed by atoms with E-state index in [1.807, 2.05) is 35.7 Å². The summed E-state index contributed by atoms with van der Waals surface area (Å²) in [4.78, 5) is 21.4. The second-order valence-corrected chi connectivity index (χ2v) is 7.96. The number of carbonyl (C=O) groups excluding carboxylic acids is 1. The van der Waals surface area contributed by atoms with Crippen LogP contribution in [0.15, 0.2) is 42.7 Å². The number of benzene rings is 1. The summed E-state index contributed by atoms with van der Waals surface area (Å²) in [5, 5.41) is 3.36. The Morgan fingerprint density at radius 1 is 1.32 bits per heavy atom. The Bertz CT molecular complexity index is 969. The minimum Gasteiger partial charge on any atom is -0.336 e. The molecule has 0 spiro atoms. The lowest BCUT2D eigenvalue weighted by atomic mass is 10.1. The van der Waals surface area contributed by atoms with Crippen molar-refractivity contribution >= 4 is 29.7 Å². The molecule has 1 aromatic carbocycles. The van der Waals surface area contributed by atoms with Crippen molar-refractivity contribution in [3.63, 3.8) is 0 Å². The number of amides is 1. The zero-order chi connectivity index (χ0) is 19.0. The first-order valence-corrected chi connectivity index (χ1v) is 9.71. The van der Waals surface area contributed by atoms with Gasteiger partial charge in [0.1, 0.15) is 17.7 Å². The number of aryl methyl sites for hydroxylation is 2. The number of thiophene rings is 1. The fourth-order valence-electron chi connectivity index (χ4n) is 3.52. The van der Waals surface area contributed by atoms with Crippen LogP contribution in [0, 0.1) is 12.7 Å². The number of halogens is 2.